The third kappa shape index (κ3) is 2.85. The van der Waals surface area contributed by atoms with E-state index in [9.17, 15) is 0 Å². The molecule has 0 amide bonds. The van der Waals surface area contributed by atoms with Crippen LogP contribution in [-0.2, 0) is 0 Å². The average molecular weight is 220 g/mol. The predicted molar refractivity (Wildman–Crippen MR) is 68.1 cm³/mol. The van der Waals surface area contributed by atoms with Gasteiger partial charge in [0.1, 0.15) is 5.82 Å². The summed E-state index contributed by atoms with van der Waals surface area (Å²) in [7, 11) is 4.00. The highest BCUT2D eigenvalue weighted by Gasteiger charge is 2.12. The summed E-state index contributed by atoms with van der Waals surface area (Å²) < 4.78 is 0. The lowest BCUT2D eigenvalue weighted by Gasteiger charge is -2.24. The van der Waals surface area contributed by atoms with E-state index < -0.39 is 0 Å². The lowest BCUT2D eigenvalue weighted by Crippen LogP contribution is -2.38. The van der Waals surface area contributed by atoms with Gasteiger partial charge in [-0.2, -0.15) is 0 Å². The second-order valence-electron chi connectivity index (χ2n) is 4.49. The second-order valence-corrected chi connectivity index (χ2v) is 4.49. The van der Waals surface area contributed by atoms with Gasteiger partial charge in [0.15, 0.2) is 0 Å². The Bertz CT molecular complexity index is 314. The van der Waals surface area contributed by atoms with Crippen molar-refractivity contribution in [2.24, 2.45) is 0 Å². The molecule has 0 aromatic carbocycles. The van der Waals surface area contributed by atoms with Crippen LogP contribution in [0.3, 0.4) is 0 Å². The number of rotatable bonds is 3. The van der Waals surface area contributed by atoms with Crippen LogP contribution in [0.2, 0.25) is 0 Å². The summed E-state index contributed by atoms with van der Waals surface area (Å²) in [4.78, 5) is 6.39. The van der Waals surface area contributed by atoms with Crippen molar-refractivity contribution in [2.45, 2.75) is 18.9 Å². The van der Waals surface area contributed by atoms with Gasteiger partial charge in [-0.3, -0.25) is 0 Å². The van der Waals surface area contributed by atoms with Crippen LogP contribution < -0.4 is 15.5 Å². The van der Waals surface area contributed by atoms with Gasteiger partial charge in [-0.05, 0) is 31.5 Å². The highest BCUT2D eigenvalue weighted by Crippen LogP contribution is 2.14. The molecular weight excluding hydrogens is 200 g/mol. The Labute approximate surface area is 97.1 Å². The summed E-state index contributed by atoms with van der Waals surface area (Å²) in [6.45, 7) is 2.20. The molecule has 1 fully saturated rings. The number of pyridine rings is 1. The van der Waals surface area contributed by atoms with Crippen LogP contribution in [0.5, 0.6) is 0 Å². The quantitative estimate of drug-likeness (QED) is 0.806. The second kappa shape index (κ2) is 5.16. The summed E-state index contributed by atoms with van der Waals surface area (Å²) in [5.74, 6) is 0.993. The van der Waals surface area contributed by atoms with Gasteiger partial charge in [0, 0.05) is 26.7 Å². The minimum atomic E-state index is 0.542. The third-order valence-electron chi connectivity index (χ3n) is 2.87. The first-order chi connectivity index (χ1) is 7.75. The summed E-state index contributed by atoms with van der Waals surface area (Å²) >= 11 is 0. The zero-order valence-electron chi connectivity index (χ0n) is 10.0. The topological polar surface area (TPSA) is 40.2 Å². The van der Waals surface area contributed by atoms with Crippen molar-refractivity contribution < 1.29 is 0 Å². The molecule has 1 aliphatic heterocycles. The van der Waals surface area contributed by atoms with E-state index in [0.717, 1.165) is 24.6 Å². The Morgan fingerprint density at radius 3 is 2.88 bits per heavy atom. The van der Waals surface area contributed by atoms with Crippen molar-refractivity contribution in [1.82, 2.24) is 10.3 Å². The Hall–Kier alpha value is -1.29. The van der Waals surface area contributed by atoms with Gasteiger partial charge in [-0.1, -0.05) is 0 Å². The number of aromatic nitrogens is 1. The van der Waals surface area contributed by atoms with E-state index in [1.54, 1.807) is 0 Å². The van der Waals surface area contributed by atoms with E-state index in [1.807, 2.05) is 31.3 Å². The van der Waals surface area contributed by atoms with Gasteiger partial charge in [0.05, 0.1) is 11.9 Å². The van der Waals surface area contributed by atoms with Crippen molar-refractivity contribution >= 4 is 11.5 Å². The maximum Gasteiger partial charge on any atom is 0.128 e. The number of nitrogens with one attached hydrogen (secondary N) is 2. The molecular formula is C12H20N4. The molecule has 1 saturated heterocycles. The normalized spacial score (nSPS) is 20.5. The minimum Gasteiger partial charge on any atom is -0.380 e. The van der Waals surface area contributed by atoms with E-state index in [-0.39, 0.29) is 0 Å². The van der Waals surface area contributed by atoms with Gasteiger partial charge in [-0.25, -0.2) is 4.98 Å². The average Bonchev–Trinajstić information content (AvgIpc) is 2.31. The first-order valence-corrected chi connectivity index (χ1v) is 5.86. The molecule has 0 radical (unpaired) electrons. The van der Waals surface area contributed by atoms with Crippen LogP contribution >= 0.6 is 0 Å². The molecule has 4 nitrogen and oxygen atoms in total. The molecule has 1 aromatic heterocycles. The first-order valence-electron chi connectivity index (χ1n) is 5.86. The smallest absolute Gasteiger partial charge is 0.128 e. The van der Waals surface area contributed by atoms with Crippen molar-refractivity contribution in [3.8, 4) is 0 Å². The molecule has 0 spiro atoms. The zero-order chi connectivity index (χ0) is 11.4. The number of nitrogens with zero attached hydrogens (tertiary/aromatic N) is 2. The molecule has 88 valence electrons. The Kier molecular flexibility index (Phi) is 3.62. The predicted octanol–water partition coefficient (Wildman–Crippen LogP) is 1.31. The molecule has 1 atom stereocenters. The fraction of sp³-hybridized carbons (Fsp3) is 0.583. The molecule has 0 saturated carbocycles. The number of hydrogen-bond acceptors (Lipinski definition) is 4. The monoisotopic (exact) mass is 220 g/mol. The van der Waals surface area contributed by atoms with E-state index in [0.29, 0.717) is 6.04 Å². The molecule has 0 bridgehead atoms. The van der Waals surface area contributed by atoms with Gasteiger partial charge in [0.2, 0.25) is 0 Å². The van der Waals surface area contributed by atoms with E-state index in [2.05, 4.69) is 21.7 Å². The lowest BCUT2D eigenvalue weighted by molar-refractivity contribution is 0.480. The van der Waals surface area contributed by atoms with Crippen LogP contribution in [0.1, 0.15) is 12.8 Å². The lowest BCUT2D eigenvalue weighted by atomic mass is 10.1. The van der Waals surface area contributed by atoms with Crippen LogP contribution in [0.4, 0.5) is 11.5 Å². The van der Waals surface area contributed by atoms with Crippen LogP contribution in [-0.4, -0.2) is 38.2 Å². The maximum atomic E-state index is 4.39. The van der Waals surface area contributed by atoms with Crippen molar-refractivity contribution in [2.75, 3.05) is 37.4 Å². The number of anilines is 2. The SMILES string of the molecule is CN(C)c1ccc(NC2CCCNC2)cn1. The summed E-state index contributed by atoms with van der Waals surface area (Å²) in [6.07, 6.45) is 4.40. The Morgan fingerprint density at radius 1 is 1.44 bits per heavy atom. The number of hydrogen-bond donors (Lipinski definition) is 2. The van der Waals surface area contributed by atoms with Gasteiger partial charge >= 0.3 is 0 Å². The standard InChI is InChI=1S/C12H20N4/c1-16(2)12-6-5-11(9-14-12)15-10-4-3-7-13-8-10/h5-6,9-10,13,15H,3-4,7-8H2,1-2H3. The highest BCUT2D eigenvalue weighted by molar-refractivity contribution is 5.48. The van der Waals surface area contributed by atoms with Crippen molar-refractivity contribution in [3.05, 3.63) is 18.3 Å². The molecule has 2 rings (SSSR count). The molecule has 0 aliphatic carbocycles. The largest absolute Gasteiger partial charge is 0.380 e. The highest BCUT2D eigenvalue weighted by atomic mass is 15.1. The Balaban J connectivity index is 1.93. The molecule has 1 aliphatic rings. The number of piperidine rings is 1. The van der Waals surface area contributed by atoms with Gasteiger partial charge in [-0.15, -0.1) is 0 Å². The van der Waals surface area contributed by atoms with Crippen molar-refractivity contribution in [3.63, 3.8) is 0 Å². The minimum absolute atomic E-state index is 0.542. The van der Waals surface area contributed by atoms with E-state index in [4.69, 9.17) is 0 Å². The molecule has 16 heavy (non-hydrogen) atoms. The fourth-order valence-corrected chi connectivity index (χ4v) is 1.95. The first kappa shape index (κ1) is 11.2. The summed E-state index contributed by atoms with van der Waals surface area (Å²) in [5, 5.41) is 6.90. The third-order valence-corrected chi connectivity index (χ3v) is 2.87. The van der Waals surface area contributed by atoms with E-state index >= 15 is 0 Å². The van der Waals surface area contributed by atoms with Gasteiger partial charge in [0.25, 0.3) is 0 Å². The molecule has 4 heteroatoms. The van der Waals surface area contributed by atoms with Crippen LogP contribution in [0.15, 0.2) is 18.3 Å². The fourth-order valence-electron chi connectivity index (χ4n) is 1.95. The zero-order valence-corrected chi connectivity index (χ0v) is 10.0. The van der Waals surface area contributed by atoms with E-state index in [1.165, 1.54) is 12.8 Å². The van der Waals surface area contributed by atoms with Gasteiger partial charge < -0.3 is 15.5 Å². The van der Waals surface area contributed by atoms with Crippen LogP contribution in [0, 0.1) is 0 Å². The molecule has 2 heterocycles. The molecule has 1 unspecified atom stereocenters. The Morgan fingerprint density at radius 2 is 2.31 bits per heavy atom. The molecule has 2 N–H and O–H groups in total. The summed E-state index contributed by atoms with van der Waals surface area (Å²) in [5.41, 5.74) is 1.11. The van der Waals surface area contributed by atoms with Crippen molar-refractivity contribution in [1.29, 1.82) is 0 Å². The maximum absolute atomic E-state index is 4.39. The van der Waals surface area contributed by atoms with Crippen LogP contribution in [0.25, 0.3) is 0 Å². The molecule has 1 aromatic rings. The summed E-state index contributed by atoms with van der Waals surface area (Å²) in [6, 6.07) is 4.68.